The monoisotopic (exact) mass is 267 g/mol. The number of amides is 1. The Labute approximate surface area is 112 Å². The second kappa shape index (κ2) is 6.16. The van der Waals surface area contributed by atoms with Gasteiger partial charge < -0.3 is 9.63 Å². The van der Waals surface area contributed by atoms with Crippen LogP contribution in [0.2, 0.25) is 0 Å². The van der Waals surface area contributed by atoms with Gasteiger partial charge in [0.25, 0.3) is 0 Å². The van der Waals surface area contributed by atoms with E-state index in [1.165, 1.54) is 0 Å². The van der Waals surface area contributed by atoms with Gasteiger partial charge >= 0.3 is 0 Å². The van der Waals surface area contributed by atoms with E-state index >= 15 is 0 Å². The number of aromatic nitrogens is 1. The van der Waals surface area contributed by atoms with Crippen LogP contribution in [0.15, 0.2) is 10.6 Å². The number of piperidine rings is 1. The minimum Gasteiger partial charge on any atom is -0.396 e. The molecule has 2 heterocycles. The van der Waals surface area contributed by atoms with Crippen LogP contribution in [0.25, 0.3) is 0 Å². The maximum atomic E-state index is 12.1. The van der Waals surface area contributed by atoms with Gasteiger partial charge in [0.05, 0.1) is 11.7 Å². The van der Waals surface area contributed by atoms with Crippen molar-refractivity contribution in [3.8, 4) is 0 Å². The molecule has 1 atom stereocenters. The van der Waals surface area contributed by atoms with Gasteiger partial charge in [-0.05, 0) is 45.7 Å². The van der Waals surface area contributed by atoms with Crippen LogP contribution in [0.3, 0.4) is 0 Å². The molecular weight excluding hydrogens is 246 g/mol. The molecule has 1 aliphatic rings. The summed E-state index contributed by atoms with van der Waals surface area (Å²) in [7, 11) is 0. The summed E-state index contributed by atoms with van der Waals surface area (Å²) in [5, 5.41) is 15.6. The van der Waals surface area contributed by atoms with E-state index in [-0.39, 0.29) is 18.6 Å². The number of hydrogen-bond donors (Lipinski definition) is 2. The Morgan fingerprint density at radius 2 is 2.32 bits per heavy atom. The molecule has 6 heteroatoms. The van der Waals surface area contributed by atoms with E-state index in [4.69, 9.17) is 9.63 Å². The second-order valence-corrected chi connectivity index (χ2v) is 5.16. The van der Waals surface area contributed by atoms with Crippen molar-refractivity contribution in [1.29, 1.82) is 0 Å². The van der Waals surface area contributed by atoms with Crippen LogP contribution in [0, 0.1) is 12.8 Å². The average molecular weight is 267 g/mol. The highest BCUT2D eigenvalue weighted by Gasteiger charge is 2.26. The fourth-order valence-electron chi connectivity index (χ4n) is 2.34. The van der Waals surface area contributed by atoms with Gasteiger partial charge in [0.1, 0.15) is 0 Å². The summed E-state index contributed by atoms with van der Waals surface area (Å²) in [6.07, 6.45) is 1.88. The van der Waals surface area contributed by atoms with Gasteiger partial charge in [-0.3, -0.25) is 15.0 Å². The molecule has 0 aromatic carbocycles. The third-order valence-electron chi connectivity index (χ3n) is 3.71. The highest BCUT2D eigenvalue weighted by Crippen LogP contribution is 2.19. The van der Waals surface area contributed by atoms with Crippen LogP contribution in [0.1, 0.15) is 25.5 Å². The summed E-state index contributed by atoms with van der Waals surface area (Å²) in [4.78, 5) is 14.2. The first-order chi connectivity index (χ1) is 9.10. The van der Waals surface area contributed by atoms with E-state index in [0.717, 1.165) is 31.6 Å². The minimum atomic E-state index is -0.204. The molecule has 0 bridgehead atoms. The SMILES string of the molecule is Cc1cc(NC(=O)C(C)N2CCC(CO)CC2)on1. The van der Waals surface area contributed by atoms with Gasteiger partial charge in [-0.25, -0.2) is 0 Å². The molecule has 1 unspecified atom stereocenters. The van der Waals surface area contributed by atoms with Crippen LogP contribution >= 0.6 is 0 Å². The molecule has 6 nitrogen and oxygen atoms in total. The van der Waals surface area contributed by atoms with Crippen molar-refractivity contribution >= 4 is 11.8 Å². The Hall–Kier alpha value is -1.40. The van der Waals surface area contributed by atoms with E-state index in [9.17, 15) is 4.79 Å². The van der Waals surface area contributed by atoms with Crippen molar-refractivity contribution in [3.05, 3.63) is 11.8 Å². The molecule has 1 aliphatic heterocycles. The number of aryl methyl sites for hydroxylation is 1. The molecule has 0 saturated carbocycles. The average Bonchev–Trinajstić information content (AvgIpc) is 2.83. The van der Waals surface area contributed by atoms with Crippen molar-refractivity contribution < 1.29 is 14.4 Å². The van der Waals surface area contributed by atoms with Crippen molar-refractivity contribution in [1.82, 2.24) is 10.1 Å². The zero-order valence-corrected chi connectivity index (χ0v) is 11.4. The van der Waals surface area contributed by atoms with Crippen LogP contribution in [0.4, 0.5) is 5.88 Å². The summed E-state index contributed by atoms with van der Waals surface area (Å²) in [6.45, 7) is 5.62. The van der Waals surface area contributed by atoms with E-state index in [1.54, 1.807) is 6.07 Å². The molecule has 19 heavy (non-hydrogen) atoms. The normalized spacial score (nSPS) is 19.3. The van der Waals surface area contributed by atoms with Crippen molar-refractivity contribution in [2.45, 2.75) is 32.7 Å². The number of nitrogens with one attached hydrogen (secondary N) is 1. The maximum absolute atomic E-state index is 12.1. The van der Waals surface area contributed by atoms with E-state index < -0.39 is 0 Å². The fraction of sp³-hybridized carbons (Fsp3) is 0.692. The first kappa shape index (κ1) is 14.0. The summed E-state index contributed by atoms with van der Waals surface area (Å²) >= 11 is 0. The van der Waals surface area contributed by atoms with Crippen LogP contribution in [-0.2, 0) is 4.79 Å². The fourth-order valence-corrected chi connectivity index (χ4v) is 2.34. The van der Waals surface area contributed by atoms with Gasteiger partial charge in [-0.2, -0.15) is 0 Å². The number of carbonyl (C=O) groups is 1. The van der Waals surface area contributed by atoms with Crippen molar-refractivity contribution in [3.63, 3.8) is 0 Å². The predicted molar refractivity (Wildman–Crippen MR) is 70.7 cm³/mol. The minimum absolute atomic E-state index is 0.0846. The number of hydrogen-bond acceptors (Lipinski definition) is 5. The Kier molecular flexibility index (Phi) is 4.55. The number of anilines is 1. The zero-order chi connectivity index (χ0) is 13.8. The topological polar surface area (TPSA) is 78.6 Å². The van der Waals surface area contributed by atoms with Gasteiger partial charge in [0.2, 0.25) is 11.8 Å². The molecule has 1 aromatic heterocycles. The summed E-state index contributed by atoms with van der Waals surface area (Å²) in [6, 6.07) is 1.49. The first-order valence-electron chi connectivity index (χ1n) is 6.69. The Balaban J connectivity index is 1.85. The quantitative estimate of drug-likeness (QED) is 0.851. The van der Waals surface area contributed by atoms with E-state index in [0.29, 0.717) is 11.8 Å². The summed E-state index contributed by atoms with van der Waals surface area (Å²) in [5.41, 5.74) is 0.742. The van der Waals surface area contributed by atoms with E-state index in [1.807, 2.05) is 13.8 Å². The molecule has 1 fully saturated rings. The molecule has 0 spiro atoms. The Bertz CT molecular complexity index is 425. The van der Waals surface area contributed by atoms with Crippen molar-refractivity contribution in [2.24, 2.45) is 5.92 Å². The number of likely N-dealkylation sites (tertiary alicyclic amines) is 1. The molecular formula is C13H21N3O3. The number of rotatable bonds is 4. The largest absolute Gasteiger partial charge is 0.396 e. The lowest BCUT2D eigenvalue weighted by atomic mass is 9.97. The second-order valence-electron chi connectivity index (χ2n) is 5.16. The molecule has 1 aromatic rings. The predicted octanol–water partition coefficient (Wildman–Crippen LogP) is 1.01. The van der Waals surface area contributed by atoms with Gasteiger partial charge in [-0.15, -0.1) is 0 Å². The van der Waals surface area contributed by atoms with E-state index in [2.05, 4.69) is 15.4 Å². The molecule has 106 valence electrons. The molecule has 0 aliphatic carbocycles. The van der Waals surface area contributed by atoms with Crippen LogP contribution in [-0.4, -0.2) is 46.8 Å². The number of aliphatic hydroxyl groups excluding tert-OH is 1. The molecule has 1 amide bonds. The van der Waals surface area contributed by atoms with Crippen LogP contribution < -0.4 is 5.32 Å². The first-order valence-corrected chi connectivity index (χ1v) is 6.69. The molecule has 2 rings (SSSR count). The molecule has 0 radical (unpaired) electrons. The third kappa shape index (κ3) is 3.54. The smallest absolute Gasteiger partial charge is 0.243 e. The number of nitrogens with zero attached hydrogens (tertiary/aromatic N) is 2. The van der Waals surface area contributed by atoms with Gasteiger partial charge in [0.15, 0.2) is 0 Å². The van der Waals surface area contributed by atoms with Gasteiger partial charge in [-0.1, -0.05) is 5.16 Å². The number of carbonyl (C=O) groups excluding carboxylic acids is 1. The maximum Gasteiger partial charge on any atom is 0.243 e. The highest BCUT2D eigenvalue weighted by atomic mass is 16.5. The van der Waals surface area contributed by atoms with Crippen molar-refractivity contribution in [2.75, 3.05) is 25.0 Å². The highest BCUT2D eigenvalue weighted by molar-refractivity contribution is 5.93. The number of aliphatic hydroxyl groups is 1. The summed E-state index contributed by atoms with van der Waals surface area (Å²) in [5.74, 6) is 0.682. The standard InChI is InChI=1S/C13H21N3O3/c1-9-7-12(19-15-9)14-13(18)10(2)16-5-3-11(8-17)4-6-16/h7,10-11,17H,3-6,8H2,1-2H3,(H,14,18). The zero-order valence-electron chi connectivity index (χ0n) is 11.4. The molecule has 1 saturated heterocycles. The lowest BCUT2D eigenvalue weighted by Gasteiger charge is -2.34. The Morgan fingerprint density at radius 1 is 1.63 bits per heavy atom. The lowest BCUT2D eigenvalue weighted by Crippen LogP contribution is -2.46. The Morgan fingerprint density at radius 3 is 2.84 bits per heavy atom. The summed E-state index contributed by atoms with van der Waals surface area (Å²) < 4.78 is 4.97. The lowest BCUT2D eigenvalue weighted by molar-refractivity contribution is -0.121. The molecule has 2 N–H and O–H groups in total. The third-order valence-corrected chi connectivity index (χ3v) is 3.71. The van der Waals surface area contributed by atoms with Crippen LogP contribution in [0.5, 0.6) is 0 Å². The van der Waals surface area contributed by atoms with Gasteiger partial charge in [0, 0.05) is 12.7 Å².